The molecule has 138 valence electrons. The quantitative estimate of drug-likeness (QED) is 0.449. The Kier molecular flexibility index (Phi) is 4.51. The summed E-state index contributed by atoms with van der Waals surface area (Å²) in [5.41, 5.74) is 2.39. The molecule has 5 N–H and O–H groups in total. The van der Waals surface area contributed by atoms with Gasteiger partial charge in [0.1, 0.15) is 24.4 Å². The SMILES string of the molecule is OC[C@H]1O[C@@H](Cc2cc(-c3c[nH]c4ccccc34)on2)[C@H](O)[C@@H](O)[C@H]1O. The highest BCUT2D eigenvalue weighted by molar-refractivity contribution is 5.94. The number of fused-ring (bicyclic) bond motifs is 1. The zero-order chi connectivity index (χ0) is 18.3. The standard InChI is InChI=1S/C18H20N2O6/c21-8-15-17(23)18(24)16(22)14(25-15)6-9-5-13(26-20-9)11-7-19-12-4-2-1-3-10(11)12/h1-5,7,14-19,21-24H,6,8H2/t14-,15+,16-,17-,18+/m0/s1. The Morgan fingerprint density at radius 1 is 1.04 bits per heavy atom. The minimum Gasteiger partial charge on any atom is -0.394 e. The molecule has 0 amide bonds. The maximum atomic E-state index is 10.1. The fraction of sp³-hybridized carbons (Fsp3) is 0.389. The van der Waals surface area contributed by atoms with E-state index in [0.29, 0.717) is 11.5 Å². The van der Waals surface area contributed by atoms with E-state index in [9.17, 15) is 20.4 Å². The summed E-state index contributed by atoms with van der Waals surface area (Å²) in [6, 6.07) is 9.56. The van der Waals surface area contributed by atoms with Crippen molar-refractivity contribution in [2.45, 2.75) is 36.9 Å². The summed E-state index contributed by atoms with van der Waals surface area (Å²) in [5.74, 6) is 0.571. The fourth-order valence-electron chi connectivity index (χ4n) is 3.36. The number of benzene rings is 1. The van der Waals surface area contributed by atoms with Crippen molar-refractivity contribution in [2.24, 2.45) is 0 Å². The van der Waals surface area contributed by atoms with Crippen LogP contribution in [0.5, 0.6) is 0 Å². The van der Waals surface area contributed by atoms with Crippen LogP contribution < -0.4 is 0 Å². The average molecular weight is 360 g/mol. The molecule has 0 spiro atoms. The zero-order valence-electron chi connectivity index (χ0n) is 13.8. The molecule has 0 aliphatic carbocycles. The number of aromatic nitrogens is 2. The van der Waals surface area contributed by atoms with Gasteiger partial charge in [-0.2, -0.15) is 0 Å². The van der Waals surface area contributed by atoms with E-state index in [0.717, 1.165) is 16.5 Å². The van der Waals surface area contributed by atoms with Crippen molar-refractivity contribution in [1.29, 1.82) is 0 Å². The first-order valence-corrected chi connectivity index (χ1v) is 8.41. The lowest BCUT2D eigenvalue weighted by Gasteiger charge is -2.39. The maximum Gasteiger partial charge on any atom is 0.169 e. The number of hydrogen-bond acceptors (Lipinski definition) is 7. The van der Waals surface area contributed by atoms with E-state index >= 15 is 0 Å². The smallest absolute Gasteiger partial charge is 0.169 e. The zero-order valence-corrected chi connectivity index (χ0v) is 13.8. The van der Waals surface area contributed by atoms with E-state index in [-0.39, 0.29) is 6.42 Å². The third-order valence-electron chi connectivity index (χ3n) is 4.82. The molecule has 3 aromatic rings. The lowest BCUT2D eigenvalue weighted by atomic mass is 9.93. The van der Waals surface area contributed by atoms with Crippen molar-refractivity contribution in [3.8, 4) is 11.3 Å². The van der Waals surface area contributed by atoms with Crippen molar-refractivity contribution < 1.29 is 29.7 Å². The topological polar surface area (TPSA) is 132 Å². The molecular weight excluding hydrogens is 340 g/mol. The highest BCUT2D eigenvalue weighted by Gasteiger charge is 2.43. The Hall–Kier alpha value is -2.23. The van der Waals surface area contributed by atoms with Crippen molar-refractivity contribution in [1.82, 2.24) is 10.1 Å². The summed E-state index contributed by atoms with van der Waals surface area (Å²) in [6.07, 6.45) is -3.79. The molecule has 1 aliphatic rings. The first-order valence-electron chi connectivity index (χ1n) is 8.41. The maximum absolute atomic E-state index is 10.1. The van der Waals surface area contributed by atoms with Gasteiger partial charge in [-0.15, -0.1) is 0 Å². The van der Waals surface area contributed by atoms with Crippen LogP contribution in [-0.4, -0.2) is 67.7 Å². The van der Waals surface area contributed by atoms with E-state index < -0.39 is 37.1 Å². The van der Waals surface area contributed by atoms with Gasteiger partial charge in [0.05, 0.1) is 18.4 Å². The normalized spacial score (nSPS) is 29.3. The monoisotopic (exact) mass is 360 g/mol. The molecule has 0 saturated carbocycles. The van der Waals surface area contributed by atoms with Crippen LogP contribution in [0.1, 0.15) is 5.69 Å². The molecule has 3 heterocycles. The average Bonchev–Trinajstić information content (AvgIpc) is 3.28. The van der Waals surface area contributed by atoms with E-state index in [1.54, 1.807) is 6.07 Å². The number of aliphatic hydroxyl groups excluding tert-OH is 4. The van der Waals surface area contributed by atoms with Crippen LogP contribution in [0.2, 0.25) is 0 Å². The fourth-order valence-corrected chi connectivity index (χ4v) is 3.36. The van der Waals surface area contributed by atoms with Gasteiger partial charge in [-0.25, -0.2) is 0 Å². The minimum absolute atomic E-state index is 0.174. The second-order valence-electron chi connectivity index (χ2n) is 6.50. The predicted molar refractivity (Wildman–Crippen MR) is 91.3 cm³/mol. The molecule has 26 heavy (non-hydrogen) atoms. The van der Waals surface area contributed by atoms with E-state index in [2.05, 4.69) is 10.1 Å². The highest BCUT2D eigenvalue weighted by Crippen LogP contribution is 2.30. The third-order valence-corrected chi connectivity index (χ3v) is 4.82. The van der Waals surface area contributed by atoms with Gasteiger partial charge in [-0.05, 0) is 6.07 Å². The van der Waals surface area contributed by atoms with Crippen molar-refractivity contribution in [3.05, 3.63) is 42.2 Å². The van der Waals surface area contributed by atoms with Crippen LogP contribution >= 0.6 is 0 Å². The number of rotatable bonds is 4. The predicted octanol–water partition coefficient (Wildman–Crippen LogP) is 0.208. The second-order valence-corrected chi connectivity index (χ2v) is 6.50. The Balaban J connectivity index is 1.55. The molecule has 5 atom stereocenters. The Morgan fingerprint density at radius 2 is 1.81 bits per heavy atom. The van der Waals surface area contributed by atoms with E-state index in [4.69, 9.17) is 9.26 Å². The summed E-state index contributed by atoms with van der Waals surface area (Å²) in [5, 5.41) is 44.1. The second kappa shape index (κ2) is 6.82. The Labute approximate surface area is 148 Å². The summed E-state index contributed by atoms with van der Waals surface area (Å²) in [4.78, 5) is 3.17. The number of nitrogens with one attached hydrogen (secondary N) is 1. The van der Waals surface area contributed by atoms with Crippen LogP contribution in [0, 0.1) is 0 Å². The minimum atomic E-state index is -1.40. The van der Waals surface area contributed by atoms with Crippen LogP contribution in [0.15, 0.2) is 41.1 Å². The molecule has 4 rings (SSSR count). The van der Waals surface area contributed by atoms with Crippen LogP contribution in [-0.2, 0) is 11.2 Å². The van der Waals surface area contributed by atoms with E-state index in [1.807, 2.05) is 30.5 Å². The lowest BCUT2D eigenvalue weighted by molar-refractivity contribution is -0.228. The van der Waals surface area contributed by atoms with Gasteiger partial charge in [0.25, 0.3) is 0 Å². The molecule has 2 aromatic heterocycles. The largest absolute Gasteiger partial charge is 0.394 e. The Morgan fingerprint density at radius 3 is 2.62 bits per heavy atom. The number of ether oxygens (including phenoxy) is 1. The van der Waals surface area contributed by atoms with Crippen LogP contribution in [0.3, 0.4) is 0 Å². The lowest BCUT2D eigenvalue weighted by Crippen LogP contribution is -2.59. The number of aromatic amines is 1. The molecule has 1 fully saturated rings. The molecule has 8 nitrogen and oxygen atoms in total. The summed E-state index contributed by atoms with van der Waals surface area (Å²) < 4.78 is 10.9. The summed E-state index contributed by atoms with van der Waals surface area (Å²) in [6.45, 7) is -0.457. The molecule has 0 radical (unpaired) electrons. The Bertz CT molecular complexity index is 889. The van der Waals surface area contributed by atoms with Gasteiger partial charge in [-0.1, -0.05) is 23.4 Å². The molecule has 8 heteroatoms. The van der Waals surface area contributed by atoms with Gasteiger partial charge in [0, 0.05) is 35.2 Å². The number of nitrogens with zero attached hydrogens (tertiary/aromatic N) is 1. The first-order chi connectivity index (χ1) is 12.6. The molecule has 1 aliphatic heterocycles. The number of aliphatic hydroxyl groups is 4. The van der Waals surface area contributed by atoms with Crippen molar-refractivity contribution in [2.75, 3.05) is 6.61 Å². The summed E-state index contributed by atoms with van der Waals surface area (Å²) in [7, 11) is 0. The molecule has 1 saturated heterocycles. The molecule has 0 unspecified atom stereocenters. The number of H-pyrrole nitrogens is 1. The molecule has 1 aromatic carbocycles. The van der Waals surface area contributed by atoms with Crippen LogP contribution in [0.25, 0.3) is 22.2 Å². The first kappa shape index (κ1) is 17.2. The molecular formula is C18H20N2O6. The van der Waals surface area contributed by atoms with Crippen molar-refractivity contribution in [3.63, 3.8) is 0 Å². The van der Waals surface area contributed by atoms with Crippen molar-refractivity contribution >= 4 is 10.9 Å². The van der Waals surface area contributed by atoms with Gasteiger partial charge in [-0.3, -0.25) is 0 Å². The van der Waals surface area contributed by atoms with Gasteiger partial charge in [0.2, 0.25) is 0 Å². The molecule has 0 bridgehead atoms. The highest BCUT2D eigenvalue weighted by atomic mass is 16.5. The summed E-state index contributed by atoms with van der Waals surface area (Å²) >= 11 is 0. The number of para-hydroxylation sites is 1. The van der Waals surface area contributed by atoms with Crippen LogP contribution in [0.4, 0.5) is 0 Å². The van der Waals surface area contributed by atoms with Gasteiger partial charge < -0.3 is 34.7 Å². The number of hydrogen-bond donors (Lipinski definition) is 5. The third kappa shape index (κ3) is 2.91. The van der Waals surface area contributed by atoms with Gasteiger partial charge >= 0.3 is 0 Å². The van der Waals surface area contributed by atoms with E-state index in [1.165, 1.54) is 0 Å². The van der Waals surface area contributed by atoms with Gasteiger partial charge in [0.15, 0.2) is 5.76 Å².